The van der Waals surface area contributed by atoms with Crippen molar-refractivity contribution in [1.29, 1.82) is 0 Å². The molecule has 0 aromatic heterocycles. The van der Waals surface area contributed by atoms with E-state index in [1.165, 1.54) is 6.08 Å². The quantitative estimate of drug-likeness (QED) is 0.402. The smallest absolute Gasteiger partial charge is 0.227 e. The summed E-state index contributed by atoms with van der Waals surface area (Å²) in [5, 5.41) is 0.956. The van der Waals surface area contributed by atoms with Crippen molar-refractivity contribution in [1.82, 2.24) is 14.7 Å². The summed E-state index contributed by atoms with van der Waals surface area (Å²) in [6, 6.07) is 5.68. The minimum absolute atomic E-state index is 0.00546. The molecule has 1 aromatic carbocycles. The van der Waals surface area contributed by atoms with Gasteiger partial charge in [0.05, 0.1) is 25.2 Å². The third-order valence-corrected chi connectivity index (χ3v) is 5.52. The maximum absolute atomic E-state index is 12.4. The zero-order valence-electron chi connectivity index (χ0n) is 16.1. The monoisotopic (exact) mass is 401 g/mol. The Morgan fingerprint density at radius 3 is 1.79 bits per heavy atom. The molecule has 0 N–H and O–H groups in total. The third-order valence-electron chi connectivity index (χ3n) is 4.95. The topological polar surface area (TPSA) is 61.6 Å². The third kappa shape index (κ3) is 3.72. The average Bonchev–Trinajstić information content (AvgIpc) is 3.56. The van der Waals surface area contributed by atoms with Gasteiger partial charge in [-0.3, -0.25) is 9.59 Å². The lowest BCUT2D eigenvalue weighted by Gasteiger charge is -2.21. The Morgan fingerprint density at radius 1 is 0.821 bits per heavy atom. The number of methoxy groups -OCH3 is 2. The molecule has 0 bridgehead atoms. The van der Waals surface area contributed by atoms with Crippen molar-refractivity contribution in [2.45, 2.75) is 0 Å². The van der Waals surface area contributed by atoms with Gasteiger partial charge in [0.1, 0.15) is 22.9 Å². The average molecular weight is 401 g/mol. The van der Waals surface area contributed by atoms with E-state index in [-0.39, 0.29) is 11.6 Å². The van der Waals surface area contributed by atoms with Crippen molar-refractivity contribution >= 4 is 26.1 Å². The molecule has 3 saturated heterocycles. The molecule has 3 heterocycles. The SMILES string of the molecule is COc1cccc(OC)c1P.O=C1C=C(N2CC2)C(=O)C(N2CC2)=C1N1CC1. The van der Waals surface area contributed by atoms with Gasteiger partial charge in [-0.2, -0.15) is 0 Å². The number of ether oxygens (including phenoxy) is 2. The molecule has 5 rings (SSSR count). The van der Waals surface area contributed by atoms with Crippen molar-refractivity contribution in [2.24, 2.45) is 0 Å². The zero-order valence-corrected chi connectivity index (χ0v) is 17.3. The second-order valence-electron chi connectivity index (χ2n) is 6.96. The first-order chi connectivity index (χ1) is 13.5. The molecule has 1 aliphatic carbocycles. The lowest BCUT2D eigenvalue weighted by atomic mass is 10.0. The van der Waals surface area contributed by atoms with Gasteiger partial charge in [-0.15, -0.1) is 0 Å². The Bertz CT molecular complexity index is 861. The van der Waals surface area contributed by atoms with Gasteiger partial charge in [0.15, 0.2) is 0 Å². The molecule has 4 aliphatic rings. The van der Waals surface area contributed by atoms with Crippen LogP contribution in [0.15, 0.2) is 41.4 Å². The minimum atomic E-state index is 0.00546. The number of benzene rings is 1. The van der Waals surface area contributed by atoms with Crippen molar-refractivity contribution in [3.63, 3.8) is 0 Å². The van der Waals surface area contributed by atoms with Gasteiger partial charge < -0.3 is 24.2 Å². The number of hydrogen-bond acceptors (Lipinski definition) is 7. The number of Topliss-reactive ketones (excluding diaryl/α,β-unsaturated/α-hetero) is 1. The van der Waals surface area contributed by atoms with E-state index in [1.54, 1.807) is 14.2 Å². The van der Waals surface area contributed by atoms with Crippen LogP contribution in [0.25, 0.3) is 0 Å². The number of carbonyl (C=O) groups is 2. The van der Waals surface area contributed by atoms with E-state index in [9.17, 15) is 9.59 Å². The van der Waals surface area contributed by atoms with Gasteiger partial charge in [0.2, 0.25) is 11.6 Å². The molecule has 148 valence electrons. The van der Waals surface area contributed by atoms with Gasteiger partial charge in [-0.05, 0) is 12.1 Å². The van der Waals surface area contributed by atoms with Crippen LogP contribution in [-0.4, -0.2) is 79.8 Å². The molecule has 3 fully saturated rings. The summed E-state index contributed by atoms with van der Waals surface area (Å²) in [4.78, 5) is 30.5. The Hall–Kier alpha value is -2.53. The summed E-state index contributed by atoms with van der Waals surface area (Å²) in [7, 11) is 5.87. The number of nitrogens with zero attached hydrogens (tertiary/aromatic N) is 3. The highest BCUT2D eigenvalue weighted by Crippen LogP contribution is 2.33. The van der Waals surface area contributed by atoms with Gasteiger partial charge in [0.25, 0.3) is 0 Å². The first-order valence-corrected chi connectivity index (χ1v) is 9.89. The van der Waals surface area contributed by atoms with Crippen LogP contribution >= 0.6 is 9.24 Å². The maximum Gasteiger partial charge on any atom is 0.227 e. The summed E-state index contributed by atoms with van der Waals surface area (Å²) in [5.74, 6) is 1.70. The molecule has 1 aromatic rings. The molecule has 8 heteroatoms. The van der Waals surface area contributed by atoms with E-state index < -0.39 is 0 Å². The molecule has 28 heavy (non-hydrogen) atoms. The molecular weight excluding hydrogens is 377 g/mol. The van der Waals surface area contributed by atoms with Crippen molar-refractivity contribution in [2.75, 3.05) is 53.5 Å². The van der Waals surface area contributed by atoms with E-state index in [1.807, 2.05) is 32.9 Å². The van der Waals surface area contributed by atoms with Gasteiger partial charge in [0, 0.05) is 45.3 Å². The van der Waals surface area contributed by atoms with E-state index in [0.717, 1.165) is 56.1 Å². The number of ketones is 2. The number of allylic oxidation sites excluding steroid dienone is 1. The Morgan fingerprint density at radius 2 is 1.32 bits per heavy atom. The highest BCUT2D eigenvalue weighted by Gasteiger charge is 2.43. The molecule has 7 nitrogen and oxygen atoms in total. The van der Waals surface area contributed by atoms with E-state index in [4.69, 9.17) is 9.47 Å². The predicted molar refractivity (Wildman–Crippen MR) is 109 cm³/mol. The van der Waals surface area contributed by atoms with E-state index >= 15 is 0 Å². The molecule has 1 atom stereocenters. The minimum Gasteiger partial charge on any atom is -0.496 e. The van der Waals surface area contributed by atoms with Crippen molar-refractivity contribution < 1.29 is 19.1 Å². The van der Waals surface area contributed by atoms with Crippen molar-refractivity contribution in [3.05, 3.63) is 41.4 Å². The maximum atomic E-state index is 12.4. The second-order valence-corrected chi connectivity index (χ2v) is 7.53. The molecular formula is C20H24N3O4P. The summed E-state index contributed by atoms with van der Waals surface area (Å²) in [6.45, 7) is 5.41. The first kappa shape index (κ1) is 18.8. The van der Waals surface area contributed by atoms with Crippen LogP contribution in [-0.2, 0) is 9.59 Å². The summed E-state index contributed by atoms with van der Waals surface area (Å²) >= 11 is 0. The van der Waals surface area contributed by atoms with Crippen LogP contribution in [0.3, 0.4) is 0 Å². The van der Waals surface area contributed by atoms with Crippen molar-refractivity contribution in [3.8, 4) is 11.5 Å². The fourth-order valence-electron chi connectivity index (χ4n) is 3.16. The molecule has 1 unspecified atom stereocenters. The van der Waals surface area contributed by atoms with Gasteiger partial charge in [-0.1, -0.05) is 15.3 Å². The Balaban J connectivity index is 0.000000153. The molecule has 0 radical (unpaired) electrons. The van der Waals surface area contributed by atoms with E-state index in [2.05, 4.69) is 9.24 Å². The Kier molecular flexibility index (Phi) is 5.02. The fraction of sp³-hybridized carbons (Fsp3) is 0.400. The molecule has 0 saturated carbocycles. The highest BCUT2D eigenvalue weighted by molar-refractivity contribution is 7.28. The van der Waals surface area contributed by atoms with Crippen LogP contribution in [0.4, 0.5) is 0 Å². The summed E-state index contributed by atoms with van der Waals surface area (Å²) in [6.07, 6.45) is 1.52. The lowest BCUT2D eigenvalue weighted by molar-refractivity contribution is -0.117. The van der Waals surface area contributed by atoms with Gasteiger partial charge >= 0.3 is 0 Å². The van der Waals surface area contributed by atoms with Crippen LogP contribution in [0, 0.1) is 0 Å². The zero-order chi connectivity index (χ0) is 19.8. The standard InChI is InChI=1S/C12H13N3O2.C8H11O2P/c16-9-7-8(13-1-2-13)12(17)11(15-5-6-15)10(9)14-3-4-14;1-9-6-4-3-5-7(10-2)8(6)11/h7H,1-6H2;3-5H,11H2,1-2H3. The molecule has 3 aliphatic heterocycles. The highest BCUT2D eigenvalue weighted by atomic mass is 31.0. The number of carbonyl (C=O) groups excluding carboxylic acids is 2. The van der Waals surface area contributed by atoms with E-state index in [0.29, 0.717) is 17.1 Å². The first-order valence-electron chi connectivity index (χ1n) is 9.31. The van der Waals surface area contributed by atoms with Crippen LogP contribution in [0.2, 0.25) is 0 Å². The molecule has 0 spiro atoms. The fourth-order valence-corrected chi connectivity index (χ4v) is 3.58. The summed E-state index contributed by atoms with van der Waals surface area (Å²) < 4.78 is 10.2. The van der Waals surface area contributed by atoms with Crippen LogP contribution in [0.5, 0.6) is 11.5 Å². The second kappa shape index (κ2) is 7.47. The Labute approximate surface area is 166 Å². The number of hydrogen-bond donors (Lipinski definition) is 0. The predicted octanol–water partition coefficient (Wildman–Crippen LogP) is 0.385. The largest absolute Gasteiger partial charge is 0.496 e. The molecule has 0 amide bonds. The van der Waals surface area contributed by atoms with Gasteiger partial charge in [-0.25, -0.2) is 0 Å². The number of rotatable bonds is 5. The summed E-state index contributed by atoms with van der Waals surface area (Å²) in [5.41, 5.74) is 1.89. The normalized spacial score (nSPS) is 19.8. The van der Waals surface area contributed by atoms with Crippen LogP contribution in [0.1, 0.15) is 0 Å². The lowest BCUT2D eigenvalue weighted by Crippen LogP contribution is -2.29. The van der Waals surface area contributed by atoms with Crippen LogP contribution < -0.4 is 14.8 Å².